The Bertz CT molecular complexity index is 1260. The second-order valence-corrected chi connectivity index (χ2v) is 7.00. The first kappa shape index (κ1) is 18.9. The molecule has 1 amide bonds. The number of nitrogens with one attached hydrogen (secondary N) is 1. The van der Waals surface area contributed by atoms with E-state index >= 15 is 0 Å². The molecule has 7 heteroatoms. The molecule has 0 unspecified atom stereocenters. The number of carbonyl (C=O) groups excluding carboxylic acids is 1. The number of benzene rings is 2. The summed E-state index contributed by atoms with van der Waals surface area (Å²) in [4.78, 5) is 30.1. The number of hydrogen-bond acceptors (Lipinski definition) is 5. The zero-order chi connectivity index (χ0) is 20.4. The van der Waals surface area contributed by atoms with Crippen molar-refractivity contribution in [1.82, 2.24) is 14.8 Å². The summed E-state index contributed by atoms with van der Waals surface area (Å²) in [5.41, 5.74) is 1.97. The van der Waals surface area contributed by atoms with Crippen LogP contribution in [0.1, 0.15) is 42.6 Å². The molecule has 29 heavy (non-hydrogen) atoms. The molecule has 148 valence electrons. The van der Waals surface area contributed by atoms with Gasteiger partial charge in [0.2, 0.25) is 0 Å². The highest BCUT2D eigenvalue weighted by atomic mass is 16.3. The van der Waals surface area contributed by atoms with Gasteiger partial charge in [0.1, 0.15) is 5.52 Å². The summed E-state index contributed by atoms with van der Waals surface area (Å²) in [6.07, 6.45) is 2.88. The Morgan fingerprint density at radius 2 is 1.93 bits per heavy atom. The maximum absolute atomic E-state index is 13.0. The van der Waals surface area contributed by atoms with E-state index in [2.05, 4.69) is 22.3 Å². The van der Waals surface area contributed by atoms with Crippen LogP contribution in [0.2, 0.25) is 0 Å². The minimum Gasteiger partial charge on any atom is -0.441 e. The van der Waals surface area contributed by atoms with Gasteiger partial charge < -0.3 is 9.73 Å². The minimum absolute atomic E-state index is 0.173. The molecule has 4 aromatic rings. The first-order chi connectivity index (χ1) is 14.1. The van der Waals surface area contributed by atoms with Gasteiger partial charge in [0.05, 0.1) is 5.39 Å². The van der Waals surface area contributed by atoms with Gasteiger partial charge in [-0.2, -0.15) is 5.10 Å². The van der Waals surface area contributed by atoms with Crippen LogP contribution in [0, 0.1) is 6.92 Å². The second-order valence-electron chi connectivity index (χ2n) is 7.00. The molecule has 2 aromatic carbocycles. The van der Waals surface area contributed by atoms with E-state index in [-0.39, 0.29) is 17.2 Å². The first-order valence-corrected chi connectivity index (χ1v) is 9.75. The van der Waals surface area contributed by atoms with Gasteiger partial charge >= 0.3 is 0 Å². The van der Waals surface area contributed by atoms with Gasteiger partial charge in [0, 0.05) is 24.5 Å². The highest BCUT2D eigenvalue weighted by Crippen LogP contribution is 2.21. The van der Waals surface area contributed by atoms with Gasteiger partial charge in [-0.25, -0.2) is 9.67 Å². The van der Waals surface area contributed by atoms with Crippen LogP contribution in [-0.4, -0.2) is 20.7 Å². The second kappa shape index (κ2) is 7.87. The average molecular weight is 390 g/mol. The van der Waals surface area contributed by atoms with Gasteiger partial charge in [-0.1, -0.05) is 38.0 Å². The number of aryl methyl sites for hydroxylation is 2. The lowest BCUT2D eigenvalue weighted by Crippen LogP contribution is -2.27. The molecule has 0 saturated heterocycles. The number of hydrogen-bond donors (Lipinski definition) is 1. The Kier molecular flexibility index (Phi) is 5.12. The lowest BCUT2D eigenvalue weighted by atomic mass is 10.1. The van der Waals surface area contributed by atoms with E-state index < -0.39 is 0 Å². The van der Waals surface area contributed by atoms with E-state index in [1.54, 1.807) is 49.4 Å². The maximum atomic E-state index is 13.0. The lowest BCUT2D eigenvalue weighted by Gasteiger charge is -2.11. The van der Waals surface area contributed by atoms with Gasteiger partial charge in [0.25, 0.3) is 11.5 Å². The van der Waals surface area contributed by atoms with Crippen LogP contribution in [0.25, 0.3) is 21.9 Å². The minimum atomic E-state index is -0.370. The van der Waals surface area contributed by atoms with E-state index in [4.69, 9.17) is 4.42 Å². The molecule has 0 saturated carbocycles. The van der Waals surface area contributed by atoms with Gasteiger partial charge in [-0.15, -0.1) is 0 Å². The predicted molar refractivity (Wildman–Crippen MR) is 112 cm³/mol. The number of oxazole rings is 1. The summed E-state index contributed by atoms with van der Waals surface area (Å²) in [6.45, 7) is 4.36. The third kappa shape index (κ3) is 3.76. The molecule has 0 atom stereocenters. The molecule has 7 nitrogen and oxygen atoms in total. The quantitative estimate of drug-likeness (QED) is 0.496. The van der Waals surface area contributed by atoms with Crippen LogP contribution < -0.4 is 10.9 Å². The van der Waals surface area contributed by atoms with Gasteiger partial charge in [0.15, 0.2) is 17.2 Å². The standard InChI is InChI=1S/C22H22N4O3/c1-3-4-7-12-26-22(28)17-9-6-5-8-16(17)20(25-26)21(27)24-15-10-11-19-18(13-15)23-14(2)29-19/h5-6,8-11,13H,3-4,7,12H2,1-2H3,(H,24,27). The van der Waals surface area contributed by atoms with Crippen molar-refractivity contribution in [3.63, 3.8) is 0 Å². The topological polar surface area (TPSA) is 90.0 Å². The summed E-state index contributed by atoms with van der Waals surface area (Å²) in [5.74, 6) is 0.195. The molecule has 0 bridgehead atoms. The van der Waals surface area contributed by atoms with Crippen LogP contribution >= 0.6 is 0 Å². The summed E-state index contributed by atoms with van der Waals surface area (Å²) >= 11 is 0. The number of anilines is 1. The van der Waals surface area contributed by atoms with Crippen molar-refractivity contribution < 1.29 is 9.21 Å². The number of carbonyl (C=O) groups is 1. The molecule has 2 aromatic heterocycles. The van der Waals surface area contributed by atoms with Crippen LogP contribution in [0.3, 0.4) is 0 Å². The highest BCUT2D eigenvalue weighted by Gasteiger charge is 2.17. The zero-order valence-corrected chi connectivity index (χ0v) is 16.4. The number of amides is 1. The molecule has 4 rings (SSSR count). The SMILES string of the molecule is CCCCCn1nc(C(=O)Nc2ccc3oc(C)nc3c2)c2ccccc2c1=O. The van der Waals surface area contributed by atoms with Crippen molar-refractivity contribution in [1.29, 1.82) is 0 Å². The molecule has 1 N–H and O–H groups in total. The maximum Gasteiger partial charge on any atom is 0.276 e. The van der Waals surface area contributed by atoms with Crippen molar-refractivity contribution in [3.05, 3.63) is 64.4 Å². The molecule has 2 heterocycles. The van der Waals surface area contributed by atoms with Gasteiger partial charge in [-0.3, -0.25) is 9.59 Å². The van der Waals surface area contributed by atoms with E-state index in [1.165, 1.54) is 4.68 Å². The Balaban J connectivity index is 1.71. The van der Waals surface area contributed by atoms with Crippen molar-refractivity contribution >= 4 is 33.5 Å². The molecular weight excluding hydrogens is 368 g/mol. The molecule has 0 radical (unpaired) electrons. The van der Waals surface area contributed by atoms with Crippen LogP contribution in [0.4, 0.5) is 5.69 Å². The number of nitrogens with zero attached hydrogens (tertiary/aromatic N) is 3. The smallest absolute Gasteiger partial charge is 0.276 e. The van der Waals surface area contributed by atoms with Crippen molar-refractivity contribution in [2.75, 3.05) is 5.32 Å². The predicted octanol–water partition coefficient (Wildman–Crippen LogP) is 4.29. The number of rotatable bonds is 6. The van der Waals surface area contributed by atoms with Gasteiger partial charge in [-0.05, 0) is 30.7 Å². The molecule has 0 fully saturated rings. The normalized spacial score (nSPS) is 11.2. The third-order valence-electron chi connectivity index (χ3n) is 4.81. The van der Waals surface area contributed by atoms with Crippen molar-refractivity contribution in [2.24, 2.45) is 0 Å². The Morgan fingerprint density at radius 1 is 1.14 bits per heavy atom. The monoisotopic (exact) mass is 390 g/mol. The van der Waals surface area contributed by atoms with Crippen LogP contribution in [-0.2, 0) is 6.54 Å². The van der Waals surface area contributed by atoms with E-state index in [0.29, 0.717) is 40.0 Å². The van der Waals surface area contributed by atoms with Crippen LogP contribution in [0.5, 0.6) is 0 Å². The Morgan fingerprint density at radius 3 is 2.72 bits per heavy atom. The molecule has 0 aliphatic rings. The Hall–Kier alpha value is -3.48. The van der Waals surface area contributed by atoms with Crippen molar-refractivity contribution in [2.45, 2.75) is 39.7 Å². The fourth-order valence-corrected chi connectivity index (χ4v) is 3.38. The Labute approximate surface area is 167 Å². The van der Waals surface area contributed by atoms with E-state index in [9.17, 15) is 9.59 Å². The lowest BCUT2D eigenvalue weighted by molar-refractivity contribution is 0.102. The fraction of sp³-hybridized carbons (Fsp3) is 0.273. The molecule has 0 spiro atoms. The molecular formula is C22H22N4O3. The number of aromatic nitrogens is 3. The summed E-state index contributed by atoms with van der Waals surface area (Å²) in [5, 5.41) is 8.29. The van der Waals surface area contributed by atoms with E-state index in [0.717, 1.165) is 19.3 Å². The van der Waals surface area contributed by atoms with E-state index in [1.807, 2.05) is 0 Å². The highest BCUT2D eigenvalue weighted by molar-refractivity contribution is 6.11. The average Bonchev–Trinajstić information content (AvgIpc) is 3.09. The third-order valence-corrected chi connectivity index (χ3v) is 4.81. The number of unbranched alkanes of at least 4 members (excludes halogenated alkanes) is 2. The zero-order valence-electron chi connectivity index (χ0n) is 16.4. The molecule has 0 aliphatic carbocycles. The summed E-state index contributed by atoms with van der Waals surface area (Å²) in [7, 11) is 0. The molecule has 0 aliphatic heterocycles. The van der Waals surface area contributed by atoms with Crippen molar-refractivity contribution in [3.8, 4) is 0 Å². The first-order valence-electron chi connectivity index (χ1n) is 9.75. The summed E-state index contributed by atoms with van der Waals surface area (Å²) in [6, 6.07) is 12.3. The largest absolute Gasteiger partial charge is 0.441 e. The summed E-state index contributed by atoms with van der Waals surface area (Å²) < 4.78 is 6.87. The van der Waals surface area contributed by atoms with Crippen LogP contribution in [0.15, 0.2) is 51.7 Å². The number of fused-ring (bicyclic) bond motifs is 2. The fourth-order valence-electron chi connectivity index (χ4n) is 3.38.